The Bertz CT molecular complexity index is 756. The van der Waals surface area contributed by atoms with Crippen molar-refractivity contribution in [3.8, 4) is 0 Å². The average Bonchev–Trinajstić information content (AvgIpc) is 3.26. The number of alkyl carbamates (subject to hydrolysis) is 1. The molecule has 0 spiro atoms. The Morgan fingerprint density at radius 3 is 2.63 bits per heavy atom. The molecule has 2 atom stereocenters. The van der Waals surface area contributed by atoms with Gasteiger partial charge in [0, 0.05) is 11.7 Å². The Kier molecular flexibility index (Phi) is 5.03. The van der Waals surface area contributed by atoms with E-state index < -0.39 is 29.8 Å². The lowest BCUT2D eigenvalue weighted by Gasteiger charge is -2.36. The first kappa shape index (κ1) is 19.4. The zero-order valence-electron chi connectivity index (χ0n) is 16.0. The van der Waals surface area contributed by atoms with E-state index in [-0.39, 0.29) is 24.1 Å². The summed E-state index contributed by atoms with van der Waals surface area (Å²) in [6, 6.07) is 3.14. The van der Waals surface area contributed by atoms with Crippen molar-refractivity contribution < 1.29 is 23.8 Å². The molecule has 8 heteroatoms. The van der Waals surface area contributed by atoms with Gasteiger partial charge in [-0.15, -0.1) is 0 Å². The first-order valence-electron chi connectivity index (χ1n) is 9.13. The SMILES string of the molecule is CC(O)C(NC(=O)OC(C)(C)C)N(c1cc(F)c2c(c1)CC(=O)N2)C1CC1. The second-order valence-electron chi connectivity index (χ2n) is 8.16. The van der Waals surface area contributed by atoms with Crippen LogP contribution in [0.5, 0.6) is 0 Å². The molecule has 2 amide bonds. The van der Waals surface area contributed by atoms with E-state index in [9.17, 15) is 19.1 Å². The van der Waals surface area contributed by atoms with Crippen molar-refractivity contribution in [1.29, 1.82) is 0 Å². The maximum absolute atomic E-state index is 14.5. The van der Waals surface area contributed by atoms with Crippen LogP contribution in [-0.2, 0) is 16.0 Å². The van der Waals surface area contributed by atoms with Crippen LogP contribution in [0.2, 0.25) is 0 Å². The molecule has 148 valence electrons. The van der Waals surface area contributed by atoms with Gasteiger partial charge in [0.15, 0.2) is 0 Å². The lowest BCUT2D eigenvalue weighted by Crippen LogP contribution is -2.56. The van der Waals surface area contributed by atoms with Crippen LogP contribution in [0.15, 0.2) is 12.1 Å². The minimum absolute atomic E-state index is 0.0713. The fourth-order valence-corrected chi connectivity index (χ4v) is 3.23. The summed E-state index contributed by atoms with van der Waals surface area (Å²) in [5.74, 6) is -0.779. The largest absolute Gasteiger partial charge is 0.444 e. The molecular formula is C19H26FN3O4. The molecule has 1 heterocycles. The predicted molar refractivity (Wildman–Crippen MR) is 99.1 cm³/mol. The van der Waals surface area contributed by atoms with Crippen molar-refractivity contribution in [1.82, 2.24) is 5.32 Å². The third-order valence-electron chi connectivity index (χ3n) is 4.43. The van der Waals surface area contributed by atoms with Crippen molar-refractivity contribution in [2.45, 2.75) is 70.9 Å². The Morgan fingerprint density at radius 2 is 2.07 bits per heavy atom. The maximum Gasteiger partial charge on any atom is 0.409 e. The molecule has 1 aromatic carbocycles. The lowest BCUT2D eigenvalue weighted by molar-refractivity contribution is -0.115. The molecule has 1 aromatic rings. The molecule has 2 aliphatic rings. The molecule has 1 aliphatic heterocycles. The quantitative estimate of drug-likeness (QED) is 0.684. The molecule has 2 unspecified atom stereocenters. The number of rotatable bonds is 5. The van der Waals surface area contributed by atoms with Crippen LogP contribution in [0.1, 0.15) is 46.1 Å². The van der Waals surface area contributed by atoms with Gasteiger partial charge in [0.05, 0.1) is 18.2 Å². The van der Waals surface area contributed by atoms with Crippen molar-refractivity contribution >= 4 is 23.4 Å². The predicted octanol–water partition coefficient (Wildman–Crippen LogP) is 2.52. The Morgan fingerprint density at radius 1 is 1.41 bits per heavy atom. The van der Waals surface area contributed by atoms with Crippen LogP contribution >= 0.6 is 0 Å². The Labute approximate surface area is 157 Å². The van der Waals surface area contributed by atoms with E-state index in [0.29, 0.717) is 11.3 Å². The summed E-state index contributed by atoms with van der Waals surface area (Å²) < 4.78 is 19.8. The van der Waals surface area contributed by atoms with Crippen molar-refractivity contribution in [2.75, 3.05) is 10.2 Å². The van der Waals surface area contributed by atoms with Crippen LogP contribution in [0, 0.1) is 5.82 Å². The summed E-state index contributed by atoms with van der Waals surface area (Å²) in [6.45, 7) is 6.82. The molecule has 3 rings (SSSR count). The topological polar surface area (TPSA) is 90.9 Å². The number of ether oxygens (including phenoxy) is 1. The number of anilines is 2. The van der Waals surface area contributed by atoms with E-state index in [4.69, 9.17) is 4.74 Å². The van der Waals surface area contributed by atoms with E-state index in [1.165, 1.54) is 6.07 Å². The Hall–Kier alpha value is -2.35. The van der Waals surface area contributed by atoms with E-state index in [1.54, 1.807) is 38.7 Å². The number of aliphatic hydroxyl groups excluding tert-OH is 1. The minimum atomic E-state index is -0.922. The van der Waals surface area contributed by atoms with Gasteiger partial charge < -0.3 is 20.1 Å². The number of halogens is 1. The normalized spacial score (nSPS) is 18.4. The number of benzene rings is 1. The molecule has 1 fully saturated rings. The summed E-state index contributed by atoms with van der Waals surface area (Å²) in [4.78, 5) is 25.7. The minimum Gasteiger partial charge on any atom is -0.444 e. The number of hydrogen-bond acceptors (Lipinski definition) is 5. The third kappa shape index (κ3) is 4.50. The molecule has 1 saturated carbocycles. The maximum atomic E-state index is 14.5. The molecule has 0 radical (unpaired) electrons. The lowest BCUT2D eigenvalue weighted by atomic mass is 10.1. The molecule has 1 aliphatic carbocycles. The summed E-state index contributed by atoms with van der Waals surface area (Å²) in [5, 5.41) is 15.5. The number of carbonyl (C=O) groups is 2. The molecule has 0 saturated heterocycles. The third-order valence-corrected chi connectivity index (χ3v) is 4.43. The highest BCUT2D eigenvalue weighted by Crippen LogP contribution is 2.38. The fraction of sp³-hybridized carbons (Fsp3) is 0.579. The van der Waals surface area contributed by atoms with E-state index >= 15 is 0 Å². The fourth-order valence-electron chi connectivity index (χ4n) is 3.23. The first-order chi connectivity index (χ1) is 12.5. The number of nitrogens with zero attached hydrogens (tertiary/aromatic N) is 1. The zero-order chi connectivity index (χ0) is 19.9. The van der Waals surface area contributed by atoms with Gasteiger partial charge in [-0.25, -0.2) is 9.18 Å². The van der Waals surface area contributed by atoms with Gasteiger partial charge in [0.2, 0.25) is 5.91 Å². The standard InChI is InChI=1S/C19H26FN3O4/c1-10(24)17(22-18(26)27-19(2,3)4)23(12-5-6-12)13-7-11-8-15(25)21-16(11)14(20)9-13/h7,9-10,12,17,24H,5-6,8H2,1-4H3,(H,21,25)(H,22,26). The van der Waals surface area contributed by atoms with Crippen molar-refractivity contribution in [3.63, 3.8) is 0 Å². The van der Waals surface area contributed by atoms with Gasteiger partial charge in [-0.05, 0) is 58.2 Å². The van der Waals surface area contributed by atoms with Crippen LogP contribution in [-0.4, -0.2) is 41.0 Å². The van der Waals surface area contributed by atoms with E-state index in [0.717, 1.165) is 12.8 Å². The van der Waals surface area contributed by atoms with Gasteiger partial charge in [-0.1, -0.05) is 0 Å². The van der Waals surface area contributed by atoms with Gasteiger partial charge in [-0.2, -0.15) is 0 Å². The molecule has 0 bridgehead atoms. The summed E-state index contributed by atoms with van der Waals surface area (Å²) in [7, 11) is 0. The van der Waals surface area contributed by atoms with Gasteiger partial charge in [0.25, 0.3) is 0 Å². The van der Waals surface area contributed by atoms with E-state index in [1.807, 2.05) is 0 Å². The zero-order valence-corrected chi connectivity index (χ0v) is 16.0. The van der Waals surface area contributed by atoms with Crippen molar-refractivity contribution in [3.05, 3.63) is 23.5 Å². The summed E-state index contributed by atoms with van der Waals surface area (Å²) in [5.41, 5.74) is 0.617. The van der Waals surface area contributed by atoms with Gasteiger partial charge in [0.1, 0.15) is 17.6 Å². The molecular weight excluding hydrogens is 353 g/mol. The van der Waals surface area contributed by atoms with Gasteiger partial charge >= 0.3 is 6.09 Å². The van der Waals surface area contributed by atoms with Crippen LogP contribution in [0.25, 0.3) is 0 Å². The summed E-state index contributed by atoms with van der Waals surface area (Å²) >= 11 is 0. The highest BCUT2D eigenvalue weighted by atomic mass is 19.1. The molecule has 3 N–H and O–H groups in total. The second-order valence-corrected chi connectivity index (χ2v) is 8.16. The number of aliphatic hydroxyl groups is 1. The average molecular weight is 379 g/mol. The molecule has 7 nitrogen and oxygen atoms in total. The first-order valence-corrected chi connectivity index (χ1v) is 9.13. The summed E-state index contributed by atoms with van der Waals surface area (Å²) in [6.07, 6.45) is -0.511. The monoisotopic (exact) mass is 379 g/mol. The smallest absolute Gasteiger partial charge is 0.409 e. The van der Waals surface area contributed by atoms with Crippen molar-refractivity contribution in [2.24, 2.45) is 0 Å². The highest BCUT2D eigenvalue weighted by Gasteiger charge is 2.38. The van der Waals surface area contributed by atoms with Gasteiger partial charge in [-0.3, -0.25) is 10.1 Å². The number of amides is 2. The number of nitrogens with one attached hydrogen (secondary N) is 2. The van der Waals surface area contributed by atoms with Crippen LogP contribution in [0.3, 0.4) is 0 Å². The van der Waals surface area contributed by atoms with E-state index in [2.05, 4.69) is 10.6 Å². The number of hydrogen-bond donors (Lipinski definition) is 3. The Balaban J connectivity index is 1.89. The molecule has 0 aromatic heterocycles. The highest BCUT2D eigenvalue weighted by molar-refractivity contribution is 5.99. The van der Waals surface area contributed by atoms with Crippen LogP contribution in [0.4, 0.5) is 20.6 Å². The van der Waals surface area contributed by atoms with Crippen LogP contribution < -0.4 is 15.5 Å². The second kappa shape index (κ2) is 6.99. The number of fused-ring (bicyclic) bond motifs is 1. The number of carbonyl (C=O) groups excluding carboxylic acids is 2. The molecule has 27 heavy (non-hydrogen) atoms.